The molecule has 1 aliphatic rings. The molecule has 0 aromatic heterocycles. The molecule has 0 bridgehead atoms. The summed E-state index contributed by atoms with van der Waals surface area (Å²) in [5, 5.41) is 3.60. The monoisotopic (exact) mass is 204 g/mol. The van der Waals surface area contributed by atoms with Gasteiger partial charge in [0.05, 0.1) is 0 Å². The van der Waals surface area contributed by atoms with Gasteiger partial charge in [-0.15, -0.1) is 0 Å². The van der Waals surface area contributed by atoms with E-state index in [-0.39, 0.29) is 0 Å². The van der Waals surface area contributed by atoms with Gasteiger partial charge in [0.2, 0.25) is 0 Å². The molecule has 82 valence electrons. The maximum atomic E-state index is 5.54. The van der Waals surface area contributed by atoms with Crippen LogP contribution in [0.4, 0.5) is 5.69 Å². The zero-order chi connectivity index (χ0) is 10.8. The Hall–Kier alpha value is -1.02. The predicted molar refractivity (Wildman–Crippen MR) is 65.3 cm³/mol. The summed E-state index contributed by atoms with van der Waals surface area (Å²) in [5.74, 6) is 0. The molecule has 0 amide bonds. The van der Waals surface area contributed by atoms with E-state index in [1.165, 1.54) is 35.2 Å². The van der Waals surface area contributed by atoms with Crippen LogP contribution >= 0.6 is 0 Å². The second-order valence-corrected chi connectivity index (χ2v) is 4.58. The van der Waals surface area contributed by atoms with Crippen molar-refractivity contribution in [1.82, 2.24) is 0 Å². The third-order valence-corrected chi connectivity index (χ3v) is 3.18. The van der Waals surface area contributed by atoms with Crippen molar-refractivity contribution in [2.45, 2.75) is 39.2 Å². The van der Waals surface area contributed by atoms with Gasteiger partial charge in [-0.2, -0.15) is 0 Å². The summed E-state index contributed by atoms with van der Waals surface area (Å²) in [7, 11) is 0. The summed E-state index contributed by atoms with van der Waals surface area (Å²) < 4.78 is 0. The molecule has 15 heavy (non-hydrogen) atoms. The van der Waals surface area contributed by atoms with Crippen LogP contribution in [0.2, 0.25) is 0 Å². The fraction of sp³-hybridized carbons (Fsp3) is 0.538. The van der Waals surface area contributed by atoms with Crippen molar-refractivity contribution < 1.29 is 0 Å². The Kier molecular flexibility index (Phi) is 2.96. The van der Waals surface area contributed by atoms with Gasteiger partial charge < -0.3 is 11.1 Å². The van der Waals surface area contributed by atoms with Crippen molar-refractivity contribution >= 4 is 5.69 Å². The third kappa shape index (κ3) is 2.15. The average Bonchev–Trinajstić information content (AvgIpc) is 2.57. The van der Waals surface area contributed by atoms with Crippen molar-refractivity contribution in [3.63, 3.8) is 0 Å². The van der Waals surface area contributed by atoms with Crippen LogP contribution in [0.1, 0.15) is 29.5 Å². The van der Waals surface area contributed by atoms with Gasteiger partial charge in [-0.05, 0) is 62.4 Å². The van der Waals surface area contributed by atoms with E-state index in [0.717, 1.165) is 13.0 Å². The minimum atomic E-state index is 0.601. The topological polar surface area (TPSA) is 38.0 Å². The molecule has 2 rings (SSSR count). The van der Waals surface area contributed by atoms with Crippen LogP contribution in [-0.2, 0) is 6.42 Å². The Balaban J connectivity index is 2.13. The van der Waals surface area contributed by atoms with Gasteiger partial charge >= 0.3 is 0 Å². The lowest BCUT2D eigenvalue weighted by Crippen LogP contribution is -2.16. The first-order valence-corrected chi connectivity index (χ1v) is 5.77. The molecule has 0 saturated carbocycles. The number of anilines is 1. The fourth-order valence-corrected chi connectivity index (χ4v) is 2.45. The highest BCUT2D eigenvalue weighted by atomic mass is 14.9. The molecular weight excluding hydrogens is 184 g/mol. The van der Waals surface area contributed by atoms with E-state index >= 15 is 0 Å². The van der Waals surface area contributed by atoms with Crippen molar-refractivity contribution in [1.29, 1.82) is 0 Å². The summed E-state index contributed by atoms with van der Waals surface area (Å²) in [4.78, 5) is 0. The Bertz CT molecular complexity index is 358. The fourth-order valence-electron chi connectivity index (χ4n) is 2.45. The molecule has 0 fully saturated rings. The molecule has 3 N–H and O–H groups in total. The van der Waals surface area contributed by atoms with E-state index in [0.29, 0.717) is 6.04 Å². The Morgan fingerprint density at radius 3 is 2.93 bits per heavy atom. The van der Waals surface area contributed by atoms with Crippen LogP contribution in [0.5, 0.6) is 0 Å². The highest BCUT2D eigenvalue weighted by Gasteiger charge is 2.21. The van der Waals surface area contributed by atoms with E-state index < -0.39 is 0 Å². The van der Waals surface area contributed by atoms with E-state index in [2.05, 4.69) is 31.3 Å². The van der Waals surface area contributed by atoms with Crippen LogP contribution in [-0.4, -0.2) is 12.6 Å². The Morgan fingerprint density at radius 2 is 2.20 bits per heavy atom. The number of aryl methyl sites for hydroxylation is 2. The molecule has 1 aromatic carbocycles. The molecule has 0 saturated heterocycles. The molecule has 0 spiro atoms. The number of benzene rings is 1. The normalized spacial score (nSPS) is 18.7. The quantitative estimate of drug-likeness (QED) is 0.793. The number of rotatable bonds is 3. The van der Waals surface area contributed by atoms with E-state index in [4.69, 9.17) is 5.73 Å². The van der Waals surface area contributed by atoms with Gasteiger partial charge in [0.25, 0.3) is 0 Å². The second kappa shape index (κ2) is 4.23. The van der Waals surface area contributed by atoms with Gasteiger partial charge in [-0.1, -0.05) is 6.07 Å². The van der Waals surface area contributed by atoms with E-state index in [1.807, 2.05) is 0 Å². The van der Waals surface area contributed by atoms with Gasteiger partial charge in [0, 0.05) is 11.7 Å². The van der Waals surface area contributed by atoms with Crippen molar-refractivity contribution in [3.8, 4) is 0 Å². The minimum absolute atomic E-state index is 0.601. The van der Waals surface area contributed by atoms with Crippen molar-refractivity contribution in [2.75, 3.05) is 11.9 Å². The average molecular weight is 204 g/mol. The molecule has 1 unspecified atom stereocenters. The first-order chi connectivity index (χ1) is 7.20. The molecule has 0 radical (unpaired) electrons. The molecule has 1 aliphatic heterocycles. The lowest BCUT2D eigenvalue weighted by Gasteiger charge is -2.09. The molecule has 2 nitrogen and oxygen atoms in total. The third-order valence-electron chi connectivity index (χ3n) is 3.18. The molecular formula is C13H20N2. The summed E-state index contributed by atoms with van der Waals surface area (Å²) in [6.45, 7) is 5.16. The highest BCUT2D eigenvalue weighted by Crippen LogP contribution is 2.31. The second-order valence-electron chi connectivity index (χ2n) is 4.58. The summed E-state index contributed by atoms with van der Waals surface area (Å²) in [5.41, 5.74) is 11.2. The Morgan fingerprint density at radius 1 is 1.40 bits per heavy atom. The van der Waals surface area contributed by atoms with Crippen LogP contribution in [0.25, 0.3) is 0 Å². The number of fused-ring (bicyclic) bond motifs is 1. The van der Waals surface area contributed by atoms with E-state index in [9.17, 15) is 0 Å². The maximum absolute atomic E-state index is 5.54. The summed E-state index contributed by atoms with van der Waals surface area (Å²) in [6.07, 6.45) is 3.47. The van der Waals surface area contributed by atoms with E-state index in [1.54, 1.807) is 0 Å². The minimum Gasteiger partial charge on any atom is -0.382 e. The number of hydrogen-bond acceptors (Lipinski definition) is 2. The van der Waals surface area contributed by atoms with Gasteiger partial charge in [-0.25, -0.2) is 0 Å². The summed E-state index contributed by atoms with van der Waals surface area (Å²) in [6, 6.07) is 5.13. The summed E-state index contributed by atoms with van der Waals surface area (Å²) >= 11 is 0. The lowest BCUT2D eigenvalue weighted by molar-refractivity contribution is 0.638. The van der Waals surface area contributed by atoms with Crippen LogP contribution in [0, 0.1) is 13.8 Å². The maximum Gasteiger partial charge on any atom is 0.0381 e. The number of nitrogens with two attached hydrogens (primary N) is 1. The largest absolute Gasteiger partial charge is 0.382 e. The SMILES string of the molecule is Cc1cc(C)c2c(c1)NC(CCCN)C2. The van der Waals surface area contributed by atoms with Gasteiger partial charge in [0.1, 0.15) is 0 Å². The first-order valence-electron chi connectivity index (χ1n) is 5.77. The van der Waals surface area contributed by atoms with Crippen LogP contribution in [0.3, 0.4) is 0 Å². The van der Waals surface area contributed by atoms with Crippen LogP contribution in [0.15, 0.2) is 12.1 Å². The lowest BCUT2D eigenvalue weighted by atomic mass is 10.0. The van der Waals surface area contributed by atoms with Gasteiger partial charge in [-0.3, -0.25) is 0 Å². The standard InChI is InChI=1S/C13H20N2/c1-9-6-10(2)12-8-11(4-3-5-14)15-13(12)7-9/h6-7,11,15H,3-5,8,14H2,1-2H3. The van der Waals surface area contributed by atoms with Crippen LogP contribution < -0.4 is 11.1 Å². The molecule has 1 atom stereocenters. The molecule has 0 aliphatic carbocycles. The smallest absolute Gasteiger partial charge is 0.0381 e. The molecule has 1 aromatic rings. The zero-order valence-corrected chi connectivity index (χ0v) is 9.64. The van der Waals surface area contributed by atoms with Crippen molar-refractivity contribution in [2.24, 2.45) is 5.73 Å². The Labute approximate surface area is 91.9 Å². The first kappa shape index (κ1) is 10.5. The zero-order valence-electron chi connectivity index (χ0n) is 9.64. The highest BCUT2D eigenvalue weighted by molar-refractivity contribution is 5.61. The predicted octanol–water partition coefficient (Wildman–Crippen LogP) is 2.38. The van der Waals surface area contributed by atoms with Gasteiger partial charge in [0.15, 0.2) is 0 Å². The molecule has 2 heteroatoms. The van der Waals surface area contributed by atoms with Crippen molar-refractivity contribution in [3.05, 3.63) is 28.8 Å². The number of nitrogens with one attached hydrogen (secondary N) is 1. The molecule has 1 heterocycles. The number of hydrogen-bond donors (Lipinski definition) is 2.